The van der Waals surface area contributed by atoms with E-state index in [2.05, 4.69) is 27.3 Å². The summed E-state index contributed by atoms with van der Waals surface area (Å²) in [4.78, 5) is 37.1. The van der Waals surface area contributed by atoms with E-state index in [9.17, 15) is 9.59 Å². The average Bonchev–Trinajstić information content (AvgIpc) is 2.98. The summed E-state index contributed by atoms with van der Waals surface area (Å²) < 4.78 is 0. The zero-order valence-corrected chi connectivity index (χ0v) is 25.1. The minimum absolute atomic E-state index is 0.149. The van der Waals surface area contributed by atoms with E-state index in [0.717, 1.165) is 28.2 Å². The number of anilines is 2. The van der Waals surface area contributed by atoms with Crippen LogP contribution in [-0.4, -0.2) is 34.7 Å². The van der Waals surface area contributed by atoms with Gasteiger partial charge in [-0.25, -0.2) is 9.97 Å². The molecule has 0 radical (unpaired) electrons. The predicted molar refractivity (Wildman–Crippen MR) is 167 cm³/mol. The molecule has 1 saturated heterocycles. The predicted octanol–water partition coefficient (Wildman–Crippen LogP) is 7.42. The number of nitrogens with one attached hydrogen (secondary N) is 1. The summed E-state index contributed by atoms with van der Waals surface area (Å²) in [5.74, 6) is 1.40. The first-order valence-corrected chi connectivity index (χ1v) is 15.1. The van der Waals surface area contributed by atoms with Crippen molar-refractivity contribution in [2.75, 3.05) is 23.3 Å². The Morgan fingerprint density at radius 3 is 2.39 bits per heavy atom. The molecule has 1 aliphatic rings. The number of hydrogen-bond donors (Lipinski definition) is 1. The second-order valence-corrected chi connectivity index (χ2v) is 11.9. The lowest BCUT2D eigenvalue weighted by atomic mass is 9.70. The Morgan fingerprint density at radius 1 is 0.927 bits per heavy atom. The van der Waals surface area contributed by atoms with Gasteiger partial charge in [-0.15, -0.1) is 0 Å². The van der Waals surface area contributed by atoms with E-state index in [-0.39, 0.29) is 11.7 Å². The summed E-state index contributed by atoms with van der Waals surface area (Å²) in [6.45, 7) is 7.17. The van der Waals surface area contributed by atoms with Crippen LogP contribution in [0.25, 0.3) is 0 Å². The normalized spacial score (nSPS) is 14.5. The topological polar surface area (TPSA) is 75.2 Å². The zero-order valence-electron chi connectivity index (χ0n) is 23.5. The lowest BCUT2D eigenvalue weighted by molar-refractivity contribution is -0.123. The second kappa shape index (κ2) is 12.5. The number of halogens is 1. The van der Waals surface area contributed by atoms with E-state index in [1.165, 1.54) is 17.3 Å². The van der Waals surface area contributed by atoms with Gasteiger partial charge in [-0.2, -0.15) is 0 Å². The van der Waals surface area contributed by atoms with Crippen LogP contribution < -0.4 is 10.2 Å². The van der Waals surface area contributed by atoms with Crippen LogP contribution >= 0.6 is 23.4 Å². The highest BCUT2D eigenvalue weighted by Crippen LogP contribution is 2.38. The fraction of sp³-hybridized carbons (Fsp3) is 0.273. The minimum Gasteiger partial charge on any atom is -0.356 e. The number of aromatic nitrogens is 2. The molecule has 0 spiro atoms. The van der Waals surface area contributed by atoms with Gasteiger partial charge in [0.05, 0.1) is 5.41 Å². The molecule has 0 unspecified atom stereocenters. The first-order valence-electron chi connectivity index (χ1n) is 13.7. The van der Waals surface area contributed by atoms with Crippen LogP contribution in [0.5, 0.6) is 0 Å². The maximum Gasteiger partial charge on any atom is 0.255 e. The molecule has 0 saturated carbocycles. The first-order chi connectivity index (χ1) is 19.7. The lowest BCUT2D eigenvalue weighted by Gasteiger charge is -2.41. The van der Waals surface area contributed by atoms with E-state index < -0.39 is 5.41 Å². The van der Waals surface area contributed by atoms with Gasteiger partial charge in [0.25, 0.3) is 5.91 Å². The Kier molecular flexibility index (Phi) is 8.76. The van der Waals surface area contributed by atoms with Crippen LogP contribution in [0.15, 0.2) is 84.0 Å². The number of nitrogens with zero attached hydrogens (tertiary/aromatic N) is 3. The molecule has 2 heterocycles. The maximum absolute atomic E-state index is 12.9. The van der Waals surface area contributed by atoms with Gasteiger partial charge in [-0.05, 0) is 80.1 Å². The number of carbonyl (C=O) groups excluding carboxylic acids is 2. The Balaban J connectivity index is 1.24. The van der Waals surface area contributed by atoms with E-state index in [4.69, 9.17) is 16.6 Å². The third kappa shape index (κ3) is 6.63. The molecular formula is C33H33ClN4O2S. The number of thioether (sulfide) groups is 1. The monoisotopic (exact) mass is 584 g/mol. The van der Waals surface area contributed by atoms with Crippen LogP contribution in [0.1, 0.15) is 52.4 Å². The van der Waals surface area contributed by atoms with Crippen LogP contribution in [0.3, 0.4) is 0 Å². The van der Waals surface area contributed by atoms with Crippen LogP contribution in [-0.2, 0) is 16.0 Å². The smallest absolute Gasteiger partial charge is 0.255 e. The van der Waals surface area contributed by atoms with Crippen LogP contribution in [0.2, 0.25) is 5.15 Å². The molecule has 41 heavy (non-hydrogen) atoms. The Hall–Kier alpha value is -3.68. The van der Waals surface area contributed by atoms with Crippen molar-refractivity contribution >= 4 is 46.6 Å². The van der Waals surface area contributed by atoms with Crippen molar-refractivity contribution in [2.45, 2.75) is 49.9 Å². The summed E-state index contributed by atoms with van der Waals surface area (Å²) in [5.41, 5.74) is 5.28. The quantitative estimate of drug-likeness (QED) is 0.132. The maximum atomic E-state index is 12.9. The van der Waals surface area contributed by atoms with Crippen molar-refractivity contribution in [3.8, 4) is 0 Å². The van der Waals surface area contributed by atoms with Gasteiger partial charge in [0.2, 0.25) is 0 Å². The third-order valence-corrected chi connectivity index (χ3v) is 9.04. The van der Waals surface area contributed by atoms with Crippen molar-refractivity contribution in [3.63, 3.8) is 0 Å². The van der Waals surface area contributed by atoms with Crippen LogP contribution in [0.4, 0.5) is 11.5 Å². The highest BCUT2D eigenvalue weighted by Gasteiger charge is 2.40. The third-order valence-electron chi connectivity index (χ3n) is 7.92. The molecule has 210 valence electrons. The van der Waals surface area contributed by atoms with Crippen molar-refractivity contribution < 1.29 is 9.59 Å². The number of amides is 1. The standard InChI is InChI=1S/C33H33ClN4O2S/c1-22-12-13-28(18-23(22)2)35-31(40)26-9-7-8-25(19-26)21-41-32-36-29(34)20-30(37-32)38-16-14-33(15-17-38,24(3)39)27-10-5-4-6-11-27/h4-13,18-20H,14-17,21H2,1-3H3,(H,35,40). The molecule has 6 nitrogen and oxygen atoms in total. The molecule has 3 aromatic carbocycles. The molecule has 4 aromatic rings. The number of carbonyl (C=O) groups is 2. The molecule has 1 N–H and O–H groups in total. The summed E-state index contributed by atoms with van der Waals surface area (Å²) in [5, 5.41) is 3.94. The fourth-order valence-electron chi connectivity index (χ4n) is 5.30. The van der Waals surface area contributed by atoms with Gasteiger partial charge in [-0.3, -0.25) is 9.59 Å². The van der Waals surface area contributed by atoms with E-state index in [1.807, 2.05) is 74.5 Å². The van der Waals surface area contributed by atoms with Crippen molar-refractivity contribution in [1.29, 1.82) is 0 Å². The van der Waals surface area contributed by atoms with Gasteiger partial charge >= 0.3 is 0 Å². The molecule has 1 aromatic heterocycles. The fourth-order valence-corrected chi connectivity index (χ4v) is 6.33. The Bertz CT molecular complexity index is 1570. The number of rotatable bonds is 8. The number of aryl methyl sites for hydroxylation is 2. The molecule has 0 atom stereocenters. The molecular weight excluding hydrogens is 552 g/mol. The Labute approximate surface area is 250 Å². The number of piperidine rings is 1. The van der Waals surface area contributed by atoms with Gasteiger partial charge < -0.3 is 10.2 Å². The van der Waals surface area contributed by atoms with Gasteiger partial charge in [0.15, 0.2) is 5.16 Å². The molecule has 1 fully saturated rings. The molecule has 1 aliphatic heterocycles. The molecule has 8 heteroatoms. The van der Waals surface area contributed by atoms with Gasteiger partial charge in [0.1, 0.15) is 16.8 Å². The van der Waals surface area contributed by atoms with Crippen LogP contribution in [0, 0.1) is 13.8 Å². The summed E-state index contributed by atoms with van der Waals surface area (Å²) in [7, 11) is 0. The minimum atomic E-state index is -0.470. The largest absolute Gasteiger partial charge is 0.356 e. The van der Waals surface area contributed by atoms with Gasteiger partial charge in [-0.1, -0.05) is 71.9 Å². The summed E-state index contributed by atoms with van der Waals surface area (Å²) in [6, 6.07) is 25.3. The summed E-state index contributed by atoms with van der Waals surface area (Å²) >= 11 is 7.90. The van der Waals surface area contributed by atoms with Crippen molar-refractivity contribution in [1.82, 2.24) is 9.97 Å². The lowest BCUT2D eigenvalue weighted by Crippen LogP contribution is -2.47. The van der Waals surface area contributed by atoms with Gasteiger partial charge in [0, 0.05) is 36.2 Å². The zero-order chi connectivity index (χ0) is 29.0. The number of Topliss-reactive ketones (excluding diaryl/α,β-unsaturated/α-hetero) is 1. The second-order valence-electron chi connectivity index (χ2n) is 10.6. The van der Waals surface area contributed by atoms with E-state index in [0.29, 0.717) is 47.6 Å². The average molecular weight is 585 g/mol. The van der Waals surface area contributed by atoms with E-state index in [1.54, 1.807) is 13.0 Å². The SMILES string of the molecule is CC(=O)C1(c2ccccc2)CCN(c2cc(Cl)nc(SCc3cccc(C(=O)Nc4ccc(C)c(C)c4)c3)n2)CC1. The first kappa shape index (κ1) is 28.8. The number of hydrogen-bond acceptors (Lipinski definition) is 6. The van der Waals surface area contributed by atoms with Crippen molar-refractivity contribution in [2.24, 2.45) is 0 Å². The Morgan fingerprint density at radius 2 is 1.68 bits per heavy atom. The number of ketones is 1. The summed E-state index contributed by atoms with van der Waals surface area (Å²) in [6.07, 6.45) is 1.43. The molecule has 1 amide bonds. The number of benzene rings is 3. The highest BCUT2D eigenvalue weighted by atomic mass is 35.5. The van der Waals surface area contributed by atoms with E-state index >= 15 is 0 Å². The molecule has 0 aliphatic carbocycles. The van der Waals surface area contributed by atoms with Crippen molar-refractivity contribution in [3.05, 3.63) is 112 Å². The molecule has 0 bridgehead atoms. The highest BCUT2D eigenvalue weighted by molar-refractivity contribution is 7.98. The molecule has 5 rings (SSSR count).